The summed E-state index contributed by atoms with van der Waals surface area (Å²) in [5.41, 5.74) is -0.362. The van der Waals surface area contributed by atoms with E-state index in [0.717, 1.165) is 26.4 Å². The number of aliphatic carboxylic acids is 1. The van der Waals surface area contributed by atoms with Crippen LogP contribution in [-0.2, 0) is 34.5 Å². The lowest BCUT2D eigenvalue weighted by molar-refractivity contribution is -0.144. The topological polar surface area (TPSA) is 125 Å². The van der Waals surface area contributed by atoms with Crippen LogP contribution in [-0.4, -0.2) is 47.6 Å². The summed E-state index contributed by atoms with van der Waals surface area (Å²) in [4.78, 5) is 54.3. The molecule has 1 unspecified atom stereocenters. The fourth-order valence-corrected chi connectivity index (χ4v) is 4.71. The number of carboxylic acids is 1. The van der Waals surface area contributed by atoms with Crippen molar-refractivity contribution in [3.8, 4) is 0 Å². The molecule has 1 atom stereocenters. The lowest BCUT2D eigenvalue weighted by Crippen LogP contribution is -2.41. The second-order valence-electron chi connectivity index (χ2n) is 7.17. The van der Waals surface area contributed by atoms with Crippen molar-refractivity contribution in [2.75, 3.05) is 6.61 Å². The van der Waals surface area contributed by atoms with Crippen molar-refractivity contribution >= 4 is 50.8 Å². The van der Waals surface area contributed by atoms with Gasteiger partial charge in [0.1, 0.15) is 11.8 Å². The molecule has 0 radical (unpaired) electrons. The molecule has 33 heavy (non-hydrogen) atoms. The largest absolute Gasteiger partial charge is 0.480 e. The van der Waals surface area contributed by atoms with Gasteiger partial charge in [-0.2, -0.15) is 0 Å². The van der Waals surface area contributed by atoms with E-state index in [4.69, 9.17) is 4.74 Å². The zero-order chi connectivity index (χ0) is 24.3. The normalized spacial score (nSPS) is 12.1. The molecule has 176 valence electrons. The van der Waals surface area contributed by atoms with Crippen LogP contribution >= 0.6 is 27.7 Å². The first kappa shape index (κ1) is 24.8. The van der Waals surface area contributed by atoms with Crippen LogP contribution < -0.4 is 11.2 Å². The number of esters is 1. The van der Waals surface area contributed by atoms with Gasteiger partial charge >= 0.3 is 17.6 Å². The highest BCUT2D eigenvalue weighted by atomic mass is 79.9. The molecule has 1 N–H and O–H groups in total. The number of aryl methyl sites for hydroxylation is 1. The third kappa shape index (κ3) is 5.22. The van der Waals surface area contributed by atoms with Gasteiger partial charge in [-0.3, -0.25) is 19.0 Å². The number of benzene rings is 1. The molecule has 0 saturated carbocycles. The summed E-state index contributed by atoms with van der Waals surface area (Å²) in [5, 5.41) is 9.04. The second kappa shape index (κ2) is 10.4. The summed E-state index contributed by atoms with van der Waals surface area (Å²) >= 11 is 4.43. The number of rotatable bonds is 9. The lowest BCUT2D eigenvalue weighted by atomic mass is 10.2. The number of fused-ring (bicyclic) bond motifs is 1. The van der Waals surface area contributed by atoms with Crippen molar-refractivity contribution in [2.24, 2.45) is 7.05 Å². The Morgan fingerprint density at radius 2 is 1.97 bits per heavy atom. The standard InChI is InChI=1S/C21H23BrN4O6S/c1-4-14(19(29)30)33-20-23-17-16(25(20)10-12-7-6-8-13(22)9-12)18(28)26(21(31)24(17)3)11-15(27)32-5-2/h6-9,14H,4-5,10-11H2,1-3H3,(H,29,30). The number of halogens is 1. The van der Waals surface area contributed by atoms with Gasteiger partial charge < -0.3 is 14.4 Å². The van der Waals surface area contributed by atoms with Gasteiger partial charge in [-0.1, -0.05) is 46.7 Å². The van der Waals surface area contributed by atoms with E-state index in [1.54, 1.807) is 18.4 Å². The Balaban J connectivity index is 2.27. The molecule has 3 rings (SSSR count). The summed E-state index contributed by atoms with van der Waals surface area (Å²) in [6.45, 7) is 3.17. The number of carbonyl (C=O) groups excluding carboxylic acids is 1. The number of carbonyl (C=O) groups is 2. The van der Waals surface area contributed by atoms with Crippen LogP contribution in [0, 0.1) is 0 Å². The summed E-state index contributed by atoms with van der Waals surface area (Å²) in [6.07, 6.45) is 0.339. The first-order valence-electron chi connectivity index (χ1n) is 10.2. The first-order valence-corrected chi connectivity index (χ1v) is 11.8. The van der Waals surface area contributed by atoms with Gasteiger partial charge in [0.15, 0.2) is 16.3 Å². The van der Waals surface area contributed by atoms with Crippen LogP contribution in [0.3, 0.4) is 0 Å². The van der Waals surface area contributed by atoms with Crippen LogP contribution in [0.5, 0.6) is 0 Å². The number of aromatic nitrogens is 4. The van der Waals surface area contributed by atoms with Crippen molar-refractivity contribution in [1.82, 2.24) is 18.7 Å². The summed E-state index contributed by atoms with van der Waals surface area (Å²) in [7, 11) is 1.45. The maximum atomic E-state index is 13.4. The highest BCUT2D eigenvalue weighted by molar-refractivity contribution is 9.10. The Hall–Kier alpha value is -2.86. The minimum Gasteiger partial charge on any atom is -0.480 e. The van der Waals surface area contributed by atoms with E-state index < -0.39 is 35.0 Å². The average molecular weight is 539 g/mol. The predicted octanol–water partition coefficient (Wildman–Crippen LogP) is 2.23. The van der Waals surface area contributed by atoms with Gasteiger partial charge in [0.05, 0.1) is 13.2 Å². The Bertz CT molecular complexity index is 1330. The highest BCUT2D eigenvalue weighted by Crippen LogP contribution is 2.28. The third-order valence-corrected chi connectivity index (χ3v) is 6.75. The minimum absolute atomic E-state index is 0.101. The molecule has 0 aliphatic carbocycles. The quantitative estimate of drug-likeness (QED) is 0.324. The van der Waals surface area contributed by atoms with E-state index >= 15 is 0 Å². The fraction of sp³-hybridized carbons (Fsp3) is 0.381. The Morgan fingerprint density at radius 3 is 2.58 bits per heavy atom. The van der Waals surface area contributed by atoms with Crippen molar-refractivity contribution in [3.63, 3.8) is 0 Å². The molecule has 0 aliphatic heterocycles. The number of ether oxygens (including phenoxy) is 1. The Kier molecular flexibility index (Phi) is 7.80. The molecule has 0 amide bonds. The average Bonchev–Trinajstić information content (AvgIpc) is 3.11. The molecular weight excluding hydrogens is 516 g/mol. The van der Waals surface area contributed by atoms with Crippen molar-refractivity contribution < 1.29 is 19.4 Å². The van der Waals surface area contributed by atoms with Crippen LogP contribution in [0.1, 0.15) is 25.8 Å². The monoisotopic (exact) mass is 538 g/mol. The Labute approximate surface area is 201 Å². The highest BCUT2D eigenvalue weighted by Gasteiger charge is 2.26. The zero-order valence-corrected chi connectivity index (χ0v) is 20.7. The van der Waals surface area contributed by atoms with Crippen molar-refractivity contribution in [3.05, 3.63) is 55.1 Å². The molecule has 2 aromatic heterocycles. The molecule has 0 fully saturated rings. The van der Waals surface area contributed by atoms with Gasteiger partial charge in [-0.15, -0.1) is 0 Å². The van der Waals surface area contributed by atoms with Crippen LogP contribution in [0.25, 0.3) is 11.2 Å². The number of hydrogen-bond acceptors (Lipinski definition) is 7. The number of carboxylic acid groups (broad SMARTS) is 1. The molecule has 0 aliphatic rings. The summed E-state index contributed by atoms with van der Waals surface area (Å²) in [5.74, 6) is -1.71. The van der Waals surface area contributed by atoms with Gasteiger partial charge in [0.2, 0.25) is 0 Å². The van der Waals surface area contributed by atoms with Gasteiger partial charge in [-0.25, -0.2) is 14.3 Å². The molecule has 3 aromatic rings. The van der Waals surface area contributed by atoms with E-state index in [1.807, 2.05) is 24.3 Å². The van der Waals surface area contributed by atoms with Gasteiger partial charge in [0.25, 0.3) is 5.56 Å². The number of hydrogen-bond donors (Lipinski definition) is 1. The van der Waals surface area contributed by atoms with Crippen LogP contribution in [0.2, 0.25) is 0 Å². The van der Waals surface area contributed by atoms with Crippen molar-refractivity contribution in [2.45, 2.75) is 43.8 Å². The fourth-order valence-electron chi connectivity index (χ4n) is 3.32. The van der Waals surface area contributed by atoms with E-state index in [9.17, 15) is 24.3 Å². The van der Waals surface area contributed by atoms with E-state index in [1.165, 1.54) is 11.6 Å². The molecule has 2 heterocycles. The van der Waals surface area contributed by atoms with Crippen molar-refractivity contribution in [1.29, 1.82) is 0 Å². The maximum absolute atomic E-state index is 13.4. The number of imidazole rings is 1. The zero-order valence-electron chi connectivity index (χ0n) is 18.3. The summed E-state index contributed by atoms with van der Waals surface area (Å²) in [6, 6.07) is 7.43. The van der Waals surface area contributed by atoms with E-state index in [2.05, 4.69) is 20.9 Å². The maximum Gasteiger partial charge on any atom is 0.333 e. The third-order valence-electron chi connectivity index (χ3n) is 4.91. The lowest BCUT2D eigenvalue weighted by Gasteiger charge is -2.13. The first-order chi connectivity index (χ1) is 15.7. The van der Waals surface area contributed by atoms with Gasteiger partial charge in [-0.05, 0) is 31.0 Å². The molecular formula is C21H23BrN4O6S. The van der Waals surface area contributed by atoms with E-state index in [0.29, 0.717) is 11.6 Å². The summed E-state index contributed by atoms with van der Waals surface area (Å²) < 4.78 is 9.32. The number of nitrogens with zero attached hydrogens (tertiary/aromatic N) is 4. The smallest absolute Gasteiger partial charge is 0.333 e. The predicted molar refractivity (Wildman–Crippen MR) is 127 cm³/mol. The van der Waals surface area contributed by atoms with Crippen LogP contribution in [0.4, 0.5) is 0 Å². The Morgan fingerprint density at radius 1 is 1.24 bits per heavy atom. The van der Waals surface area contributed by atoms with Gasteiger partial charge in [0, 0.05) is 11.5 Å². The molecule has 1 aromatic carbocycles. The molecule has 10 nitrogen and oxygen atoms in total. The minimum atomic E-state index is -1.00. The molecule has 0 spiro atoms. The molecule has 0 saturated heterocycles. The molecule has 12 heteroatoms. The number of thioether (sulfide) groups is 1. The van der Waals surface area contributed by atoms with E-state index in [-0.39, 0.29) is 24.3 Å². The van der Waals surface area contributed by atoms with Crippen LogP contribution in [0.15, 0.2) is 43.5 Å². The molecule has 0 bridgehead atoms. The SMILES string of the molecule is CCOC(=O)Cn1c(=O)c2c(nc(SC(CC)C(=O)O)n2Cc2cccc(Br)c2)n(C)c1=O. The second-order valence-corrected chi connectivity index (χ2v) is 9.26.